The lowest BCUT2D eigenvalue weighted by Crippen LogP contribution is -2.37. The summed E-state index contributed by atoms with van der Waals surface area (Å²) >= 11 is 0. The molecular weight excluding hydrogens is 340 g/mol. The number of ether oxygens (including phenoxy) is 1. The van der Waals surface area contributed by atoms with Crippen molar-refractivity contribution in [3.63, 3.8) is 0 Å². The molecule has 0 aromatic carbocycles. The maximum absolute atomic E-state index is 5.78. The Kier molecular flexibility index (Phi) is 8.61. The number of unbranched alkanes of at least 4 members (excludes halogenated alkanes) is 1. The third-order valence-electron chi connectivity index (χ3n) is 4.20. The number of hydrogen-bond donors (Lipinski definition) is 2. The van der Waals surface area contributed by atoms with Gasteiger partial charge in [-0.3, -0.25) is 9.67 Å². The SMILES string of the molecule is CCCCOc1ncccc1CNC(=NC)NCCCn1nc(C)cc1C. The zero-order chi connectivity index (χ0) is 19.5. The highest BCUT2D eigenvalue weighted by Crippen LogP contribution is 2.14. The van der Waals surface area contributed by atoms with Gasteiger partial charge >= 0.3 is 0 Å². The smallest absolute Gasteiger partial charge is 0.218 e. The summed E-state index contributed by atoms with van der Waals surface area (Å²) in [6.45, 7) is 9.28. The molecule has 0 saturated heterocycles. The molecule has 2 aromatic rings. The highest BCUT2D eigenvalue weighted by molar-refractivity contribution is 5.79. The average molecular weight is 373 g/mol. The lowest BCUT2D eigenvalue weighted by atomic mass is 10.2. The van der Waals surface area contributed by atoms with E-state index in [1.165, 1.54) is 5.69 Å². The van der Waals surface area contributed by atoms with E-state index in [1.807, 2.05) is 23.7 Å². The van der Waals surface area contributed by atoms with Crippen LogP contribution in [0.2, 0.25) is 0 Å². The first-order chi connectivity index (χ1) is 13.1. The monoisotopic (exact) mass is 372 g/mol. The predicted molar refractivity (Wildman–Crippen MR) is 109 cm³/mol. The molecule has 2 rings (SSSR count). The van der Waals surface area contributed by atoms with Crippen molar-refractivity contribution in [3.8, 4) is 5.88 Å². The average Bonchev–Trinajstić information content (AvgIpc) is 2.99. The van der Waals surface area contributed by atoms with Crippen LogP contribution >= 0.6 is 0 Å². The molecule has 0 aliphatic rings. The summed E-state index contributed by atoms with van der Waals surface area (Å²) in [7, 11) is 1.78. The third kappa shape index (κ3) is 6.92. The summed E-state index contributed by atoms with van der Waals surface area (Å²) in [6, 6.07) is 6.05. The molecule has 2 heterocycles. The first-order valence-electron chi connectivity index (χ1n) is 9.66. The number of rotatable bonds is 10. The van der Waals surface area contributed by atoms with Crippen LogP contribution in [-0.4, -0.2) is 40.9 Å². The number of nitrogens with one attached hydrogen (secondary N) is 2. The second-order valence-electron chi connectivity index (χ2n) is 6.53. The zero-order valence-electron chi connectivity index (χ0n) is 17.0. The summed E-state index contributed by atoms with van der Waals surface area (Å²) in [6.07, 6.45) is 4.87. The normalized spacial score (nSPS) is 11.5. The Balaban J connectivity index is 1.76. The summed E-state index contributed by atoms with van der Waals surface area (Å²) in [5.41, 5.74) is 3.28. The lowest BCUT2D eigenvalue weighted by Gasteiger charge is -2.14. The maximum Gasteiger partial charge on any atom is 0.218 e. The fraction of sp³-hybridized carbons (Fsp3) is 0.550. The zero-order valence-corrected chi connectivity index (χ0v) is 17.0. The molecule has 0 aliphatic heterocycles. The van der Waals surface area contributed by atoms with Crippen LogP contribution in [0.3, 0.4) is 0 Å². The number of pyridine rings is 1. The number of nitrogens with zero attached hydrogens (tertiary/aromatic N) is 4. The quantitative estimate of drug-likeness (QED) is 0.381. The van der Waals surface area contributed by atoms with Gasteiger partial charge in [0, 0.05) is 44.1 Å². The molecule has 0 aliphatic carbocycles. The molecule has 0 amide bonds. The van der Waals surface area contributed by atoms with Crippen LogP contribution in [0.4, 0.5) is 0 Å². The van der Waals surface area contributed by atoms with Crippen molar-refractivity contribution in [2.45, 2.75) is 53.1 Å². The van der Waals surface area contributed by atoms with Crippen molar-refractivity contribution in [1.29, 1.82) is 0 Å². The largest absolute Gasteiger partial charge is 0.477 e. The predicted octanol–water partition coefficient (Wildman–Crippen LogP) is 2.83. The topological polar surface area (TPSA) is 76.4 Å². The molecule has 7 heteroatoms. The van der Waals surface area contributed by atoms with Crippen LogP contribution in [-0.2, 0) is 13.1 Å². The Labute approximate surface area is 162 Å². The van der Waals surface area contributed by atoms with Gasteiger partial charge in [-0.1, -0.05) is 19.4 Å². The Bertz CT molecular complexity index is 725. The van der Waals surface area contributed by atoms with Gasteiger partial charge in [-0.15, -0.1) is 0 Å². The highest BCUT2D eigenvalue weighted by Gasteiger charge is 2.06. The summed E-state index contributed by atoms with van der Waals surface area (Å²) in [5.74, 6) is 1.46. The van der Waals surface area contributed by atoms with Gasteiger partial charge in [-0.2, -0.15) is 5.10 Å². The molecule has 2 aromatic heterocycles. The molecule has 0 fully saturated rings. The van der Waals surface area contributed by atoms with Crippen LogP contribution in [0.5, 0.6) is 5.88 Å². The van der Waals surface area contributed by atoms with Crippen LogP contribution in [0, 0.1) is 13.8 Å². The van der Waals surface area contributed by atoms with E-state index in [-0.39, 0.29) is 0 Å². The minimum atomic E-state index is 0.617. The third-order valence-corrected chi connectivity index (χ3v) is 4.20. The lowest BCUT2D eigenvalue weighted by molar-refractivity contribution is 0.294. The van der Waals surface area contributed by atoms with E-state index < -0.39 is 0 Å². The van der Waals surface area contributed by atoms with Crippen molar-refractivity contribution in [2.24, 2.45) is 4.99 Å². The second-order valence-corrected chi connectivity index (χ2v) is 6.53. The van der Waals surface area contributed by atoms with E-state index in [4.69, 9.17) is 4.74 Å². The summed E-state index contributed by atoms with van der Waals surface area (Å²) < 4.78 is 7.83. The van der Waals surface area contributed by atoms with Crippen LogP contribution in [0.1, 0.15) is 43.1 Å². The van der Waals surface area contributed by atoms with Crippen molar-refractivity contribution in [1.82, 2.24) is 25.4 Å². The Hall–Kier alpha value is -2.57. The Morgan fingerprint density at radius 3 is 2.81 bits per heavy atom. The Morgan fingerprint density at radius 2 is 2.11 bits per heavy atom. The number of hydrogen-bond acceptors (Lipinski definition) is 4. The molecule has 0 bridgehead atoms. The van der Waals surface area contributed by atoms with Gasteiger partial charge < -0.3 is 15.4 Å². The number of guanidine groups is 1. The van der Waals surface area contributed by atoms with Crippen LogP contribution < -0.4 is 15.4 Å². The number of aryl methyl sites for hydroxylation is 3. The van der Waals surface area contributed by atoms with Crippen molar-refractivity contribution < 1.29 is 4.74 Å². The Morgan fingerprint density at radius 1 is 1.26 bits per heavy atom. The molecule has 148 valence electrons. The number of aromatic nitrogens is 3. The molecule has 0 spiro atoms. The fourth-order valence-electron chi connectivity index (χ4n) is 2.74. The van der Waals surface area contributed by atoms with Gasteiger partial charge in [-0.25, -0.2) is 4.98 Å². The van der Waals surface area contributed by atoms with Gasteiger partial charge in [0.25, 0.3) is 0 Å². The second kappa shape index (κ2) is 11.2. The molecule has 0 saturated carbocycles. The fourth-order valence-corrected chi connectivity index (χ4v) is 2.74. The van der Waals surface area contributed by atoms with E-state index in [9.17, 15) is 0 Å². The highest BCUT2D eigenvalue weighted by atomic mass is 16.5. The maximum atomic E-state index is 5.78. The van der Waals surface area contributed by atoms with Gasteiger partial charge in [0.2, 0.25) is 5.88 Å². The van der Waals surface area contributed by atoms with Gasteiger partial charge in [0.15, 0.2) is 5.96 Å². The molecule has 2 N–H and O–H groups in total. The minimum absolute atomic E-state index is 0.617. The summed E-state index contributed by atoms with van der Waals surface area (Å²) in [4.78, 5) is 8.63. The van der Waals surface area contributed by atoms with Crippen LogP contribution in [0.15, 0.2) is 29.4 Å². The minimum Gasteiger partial charge on any atom is -0.477 e. The molecule has 0 unspecified atom stereocenters. The van der Waals surface area contributed by atoms with E-state index in [0.717, 1.165) is 49.6 Å². The molecule has 0 radical (unpaired) electrons. The van der Waals surface area contributed by atoms with E-state index >= 15 is 0 Å². The van der Waals surface area contributed by atoms with Crippen molar-refractivity contribution >= 4 is 5.96 Å². The first-order valence-corrected chi connectivity index (χ1v) is 9.66. The van der Waals surface area contributed by atoms with Crippen molar-refractivity contribution in [2.75, 3.05) is 20.2 Å². The van der Waals surface area contributed by atoms with Gasteiger partial charge in [-0.05, 0) is 38.8 Å². The first kappa shape index (κ1) is 20.7. The molecule has 7 nitrogen and oxygen atoms in total. The molecule has 27 heavy (non-hydrogen) atoms. The van der Waals surface area contributed by atoms with Crippen LogP contribution in [0.25, 0.3) is 0 Å². The molecule has 0 atom stereocenters. The number of aliphatic imine (C=N–C) groups is 1. The van der Waals surface area contributed by atoms with E-state index in [0.29, 0.717) is 19.0 Å². The van der Waals surface area contributed by atoms with E-state index in [2.05, 4.69) is 45.6 Å². The van der Waals surface area contributed by atoms with E-state index in [1.54, 1.807) is 13.2 Å². The van der Waals surface area contributed by atoms with Crippen molar-refractivity contribution in [3.05, 3.63) is 41.3 Å². The van der Waals surface area contributed by atoms with Gasteiger partial charge in [0.1, 0.15) is 0 Å². The molecular formula is C20H32N6O. The van der Waals surface area contributed by atoms with Gasteiger partial charge in [0.05, 0.1) is 12.3 Å². The summed E-state index contributed by atoms with van der Waals surface area (Å²) in [5, 5.41) is 11.2. The standard InChI is InChI=1S/C20H32N6O/c1-5-6-13-27-19-18(9-7-10-22-19)15-24-20(21-4)23-11-8-12-26-17(3)14-16(2)25-26/h7,9-10,14H,5-6,8,11-13,15H2,1-4H3,(H2,21,23,24).